The number of imidazole rings is 1. The van der Waals surface area contributed by atoms with Gasteiger partial charge in [0.1, 0.15) is 0 Å². The number of morpholine rings is 1. The molecule has 2 atom stereocenters. The molecule has 0 aliphatic carbocycles. The number of nitrogens with zero attached hydrogens (tertiary/aromatic N) is 5. The van der Waals surface area contributed by atoms with Crippen molar-refractivity contribution in [3.05, 3.63) is 59.7 Å². The van der Waals surface area contributed by atoms with E-state index in [2.05, 4.69) is 30.7 Å². The number of hydrogen-bond donors (Lipinski definition) is 1. The first kappa shape index (κ1) is 18.7. The zero-order valence-corrected chi connectivity index (χ0v) is 16.1. The first-order valence-corrected chi connectivity index (χ1v) is 9.19. The number of pyridine rings is 1. The highest BCUT2D eigenvalue weighted by Gasteiger charge is 2.37. The average Bonchev–Trinajstić information content (AvgIpc) is 3.30. The quantitative estimate of drug-likeness (QED) is 0.690. The van der Waals surface area contributed by atoms with Crippen molar-refractivity contribution in [1.82, 2.24) is 19.9 Å². The molecule has 2 aliphatic rings. The van der Waals surface area contributed by atoms with E-state index in [1.807, 2.05) is 30.3 Å². The van der Waals surface area contributed by atoms with Crippen LogP contribution in [-0.2, 0) is 11.3 Å². The van der Waals surface area contributed by atoms with E-state index in [0.717, 1.165) is 48.9 Å². The molecule has 5 rings (SSSR count). The van der Waals surface area contributed by atoms with E-state index in [0.29, 0.717) is 18.3 Å². The SMILES string of the molecule is Cl.[C-]#[N+]c1ccc(Cn2c(N3C[C@@H]4OCCN[C@@H]4C3)nc3ccccc32)nc1. The Labute approximate surface area is 169 Å². The highest BCUT2D eigenvalue weighted by atomic mass is 35.5. The zero-order valence-electron chi connectivity index (χ0n) is 15.3. The Morgan fingerprint density at radius 2 is 2.11 bits per heavy atom. The van der Waals surface area contributed by atoms with Crippen LogP contribution in [0.1, 0.15) is 5.69 Å². The molecule has 7 nitrogen and oxygen atoms in total. The van der Waals surface area contributed by atoms with Gasteiger partial charge in [-0.25, -0.2) is 9.83 Å². The third-order valence-corrected chi connectivity index (χ3v) is 5.28. The monoisotopic (exact) mass is 396 g/mol. The maximum Gasteiger partial charge on any atom is 0.207 e. The number of benzene rings is 1. The van der Waals surface area contributed by atoms with Crippen LogP contribution in [0, 0.1) is 6.57 Å². The third kappa shape index (κ3) is 3.31. The lowest BCUT2D eigenvalue weighted by molar-refractivity contribution is 0.0212. The molecule has 0 bridgehead atoms. The molecule has 2 aliphatic heterocycles. The molecule has 0 radical (unpaired) electrons. The summed E-state index contributed by atoms with van der Waals surface area (Å²) < 4.78 is 8.14. The summed E-state index contributed by atoms with van der Waals surface area (Å²) >= 11 is 0. The Balaban J connectivity index is 0.00000192. The van der Waals surface area contributed by atoms with Crippen molar-refractivity contribution in [2.45, 2.75) is 18.7 Å². The van der Waals surface area contributed by atoms with Crippen LogP contribution in [0.3, 0.4) is 0 Å². The van der Waals surface area contributed by atoms with E-state index in [1.54, 1.807) is 6.20 Å². The molecule has 2 saturated heterocycles. The number of nitrogens with one attached hydrogen (secondary N) is 1. The summed E-state index contributed by atoms with van der Waals surface area (Å²) in [6, 6.07) is 12.3. The maximum atomic E-state index is 7.09. The van der Waals surface area contributed by atoms with Gasteiger partial charge in [0.05, 0.1) is 48.6 Å². The minimum Gasteiger partial charge on any atom is -0.373 e. The number of anilines is 1. The predicted molar refractivity (Wildman–Crippen MR) is 110 cm³/mol. The number of ether oxygens (including phenoxy) is 1. The van der Waals surface area contributed by atoms with Crippen molar-refractivity contribution < 1.29 is 4.74 Å². The topological polar surface area (TPSA) is 59.6 Å². The van der Waals surface area contributed by atoms with E-state index in [4.69, 9.17) is 16.3 Å². The van der Waals surface area contributed by atoms with Gasteiger partial charge in [-0.2, -0.15) is 0 Å². The maximum absolute atomic E-state index is 7.09. The third-order valence-electron chi connectivity index (χ3n) is 5.28. The van der Waals surface area contributed by atoms with Crippen molar-refractivity contribution in [2.75, 3.05) is 31.1 Å². The van der Waals surface area contributed by atoms with Gasteiger partial charge < -0.3 is 19.5 Å². The number of rotatable bonds is 3. The van der Waals surface area contributed by atoms with Gasteiger partial charge in [-0.15, -0.1) is 12.4 Å². The minimum atomic E-state index is 0. The van der Waals surface area contributed by atoms with Crippen molar-refractivity contribution in [3.8, 4) is 0 Å². The van der Waals surface area contributed by atoms with Gasteiger partial charge in [-0.3, -0.25) is 4.98 Å². The lowest BCUT2D eigenvalue weighted by Crippen LogP contribution is -2.47. The van der Waals surface area contributed by atoms with Crippen molar-refractivity contribution >= 4 is 35.1 Å². The smallest absolute Gasteiger partial charge is 0.207 e. The summed E-state index contributed by atoms with van der Waals surface area (Å²) in [5, 5.41) is 3.55. The molecule has 0 unspecified atom stereocenters. The van der Waals surface area contributed by atoms with E-state index < -0.39 is 0 Å². The van der Waals surface area contributed by atoms with Gasteiger partial charge in [-0.05, 0) is 18.2 Å². The molecule has 1 aromatic carbocycles. The van der Waals surface area contributed by atoms with E-state index >= 15 is 0 Å². The summed E-state index contributed by atoms with van der Waals surface area (Å²) in [5.74, 6) is 0.951. The van der Waals surface area contributed by atoms with E-state index in [1.165, 1.54) is 0 Å². The Bertz CT molecular complexity index is 998. The standard InChI is InChI=1S/C20H20N6O.ClH/c1-21-14-6-7-15(23-10-14)11-26-18-5-3-2-4-16(18)24-20(26)25-12-17-19(13-25)27-9-8-22-17;/h2-7,10,17,19,22H,8-9,11-13H2;1H/t17-,19+;/m1./s1. The van der Waals surface area contributed by atoms with Crippen molar-refractivity contribution in [3.63, 3.8) is 0 Å². The van der Waals surface area contributed by atoms with Crippen LogP contribution in [0.5, 0.6) is 0 Å². The molecule has 2 aromatic heterocycles. The summed E-state index contributed by atoms with van der Waals surface area (Å²) in [5.41, 5.74) is 3.54. The molecule has 8 heteroatoms. The summed E-state index contributed by atoms with van der Waals surface area (Å²) in [6.45, 7) is 11.1. The highest BCUT2D eigenvalue weighted by Crippen LogP contribution is 2.28. The van der Waals surface area contributed by atoms with Crippen molar-refractivity contribution in [1.29, 1.82) is 0 Å². The number of hydrogen-bond acceptors (Lipinski definition) is 5. The van der Waals surface area contributed by atoms with Crippen LogP contribution in [0.2, 0.25) is 0 Å². The fourth-order valence-electron chi connectivity index (χ4n) is 3.96. The Morgan fingerprint density at radius 3 is 2.89 bits per heavy atom. The number of para-hydroxylation sites is 2. The second-order valence-electron chi connectivity index (χ2n) is 6.98. The van der Waals surface area contributed by atoms with Crippen LogP contribution in [0.25, 0.3) is 15.9 Å². The molecule has 0 amide bonds. The molecular formula is C20H21ClN6O. The summed E-state index contributed by atoms with van der Waals surface area (Å²) in [4.78, 5) is 15.1. The molecule has 4 heterocycles. The van der Waals surface area contributed by atoms with Gasteiger partial charge in [0.2, 0.25) is 11.6 Å². The molecule has 144 valence electrons. The van der Waals surface area contributed by atoms with Gasteiger partial charge in [0.25, 0.3) is 0 Å². The Hall–Kier alpha value is -2.66. The van der Waals surface area contributed by atoms with Gasteiger partial charge >= 0.3 is 0 Å². The van der Waals surface area contributed by atoms with Crippen LogP contribution in [-0.4, -0.2) is 52.9 Å². The predicted octanol–water partition coefficient (Wildman–Crippen LogP) is 2.63. The Morgan fingerprint density at radius 1 is 1.21 bits per heavy atom. The molecule has 1 N–H and O–H groups in total. The molecule has 3 aromatic rings. The molecule has 28 heavy (non-hydrogen) atoms. The lowest BCUT2D eigenvalue weighted by Gasteiger charge is -2.25. The average molecular weight is 397 g/mol. The first-order chi connectivity index (χ1) is 13.3. The summed E-state index contributed by atoms with van der Waals surface area (Å²) in [6.07, 6.45) is 1.84. The minimum absolute atomic E-state index is 0. The second-order valence-corrected chi connectivity index (χ2v) is 6.98. The van der Waals surface area contributed by atoms with Gasteiger partial charge in [0, 0.05) is 25.8 Å². The van der Waals surface area contributed by atoms with E-state index in [9.17, 15) is 0 Å². The number of aromatic nitrogens is 3. The molecule has 2 fully saturated rings. The van der Waals surface area contributed by atoms with Crippen LogP contribution in [0.15, 0.2) is 42.6 Å². The highest BCUT2D eigenvalue weighted by molar-refractivity contribution is 5.85. The van der Waals surface area contributed by atoms with Crippen LogP contribution < -0.4 is 10.2 Å². The zero-order chi connectivity index (χ0) is 18.2. The molecular weight excluding hydrogens is 376 g/mol. The van der Waals surface area contributed by atoms with Crippen molar-refractivity contribution in [2.24, 2.45) is 0 Å². The fraction of sp³-hybridized carbons (Fsp3) is 0.350. The van der Waals surface area contributed by atoms with Gasteiger partial charge in [-0.1, -0.05) is 18.2 Å². The van der Waals surface area contributed by atoms with Crippen LogP contribution in [0.4, 0.5) is 11.6 Å². The second kappa shape index (κ2) is 7.76. The summed E-state index contributed by atoms with van der Waals surface area (Å²) in [7, 11) is 0. The van der Waals surface area contributed by atoms with Gasteiger partial charge in [0.15, 0.2) is 0 Å². The van der Waals surface area contributed by atoms with E-state index in [-0.39, 0.29) is 18.5 Å². The largest absolute Gasteiger partial charge is 0.373 e. The Kier molecular flexibility index (Phi) is 5.18. The fourth-order valence-corrected chi connectivity index (χ4v) is 3.96. The number of fused-ring (bicyclic) bond motifs is 2. The normalized spacial score (nSPS) is 21.2. The molecule has 0 spiro atoms. The lowest BCUT2D eigenvalue weighted by atomic mass is 10.2. The van der Waals surface area contributed by atoms with Crippen LogP contribution >= 0.6 is 12.4 Å². The number of halogens is 1. The first-order valence-electron chi connectivity index (χ1n) is 9.19. The molecule has 0 saturated carbocycles.